The molecular formula is C17H9ClF3N3O. The van der Waals surface area contributed by atoms with Crippen LogP contribution in [0.1, 0.15) is 5.56 Å². The molecule has 0 radical (unpaired) electrons. The molecule has 0 saturated heterocycles. The first kappa shape index (κ1) is 15.7. The van der Waals surface area contributed by atoms with Gasteiger partial charge in [0.1, 0.15) is 5.69 Å². The lowest BCUT2D eigenvalue weighted by molar-refractivity contribution is -0.137. The van der Waals surface area contributed by atoms with Gasteiger partial charge in [0.05, 0.1) is 10.6 Å². The molecule has 0 spiro atoms. The van der Waals surface area contributed by atoms with Crippen LogP contribution in [0.25, 0.3) is 33.9 Å². The smallest absolute Gasteiger partial charge is 0.415 e. The molecule has 0 bridgehead atoms. The number of aromatic amines is 1. The van der Waals surface area contributed by atoms with Crippen molar-refractivity contribution in [1.82, 2.24) is 15.2 Å². The molecule has 2 aromatic heterocycles. The number of rotatable bonds is 2. The average Bonchev–Trinajstić information content (AvgIpc) is 3.20. The molecule has 1 N–H and O–H groups in total. The molecule has 0 amide bonds. The number of nitrogens with zero attached hydrogens (tertiary/aromatic N) is 2. The van der Waals surface area contributed by atoms with Crippen molar-refractivity contribution >= 4 is 22.5 Å². The summed E-state index contributed by atoms with van der Waals surface area (Å²) in [7, 11) is 0. The second-order valence-corrected chi connectivity index (χ2v) is 5.78. The summed E-state index contributed by atoms with van der Waals surface area (Å²) in [6.07, 6.45) is -4.56. The third-order valence-electron chi connectivity index (χ3n) is 3.70. The van der Waals surface area contributed by atoms with E-state index in [1.807, 2.05) is 30.3 Å². The molecule has 0 saturated carbocycles. The number of benzene rings is 2. The van der Waals surface area contributed by atoms with Gasteiger partial charge in [0.2, 0.25) is 5.89 Å². The first-order chi connectivity index (χ1) is 11.9. The number of H-pyrrole nitrogens is 1. The van der Waals surface area contributed by atoms with E-state index in [0.29, 0.717) is 5.69 Å². The van der Waals surface area contributed by atoms with E-state index >= 15 is 0 Å². The highest BCUT2D eigenvalue weighted by Crippen LogP contribution is 2.37. The number of alkyl halides is 3. The highest BCUT2D eigenvalue weighted by molar-refractivity contribution is 6.31. The van der Waals surface area contributed by atoms with E-state index in [-0.39, 0.29) is 22.4 Å². The van der Waals surface area contributed by atoms with Crippen molar-refractivity contribution in [3.63, 3.8) is 0 Å². The van der Waals surface area contributed by atoms with Crippen LogP contribution < -0.4 is 0 Å². The summed E-state index contributed by atoms with van der Waals surface area (Å²) in [5, 5.41) is 8.33. The number of nitrogens with one attached hydrogen (secondary N) is 1. The van der Waals surface area contributed by atoms with Crippen molar-refractivity contribution < 1.29 is 17.6 Å². The van der Waals surface area contributed by atoms with Gasteiger partial charge in [-0.3, -0.25) is 0 Å². The molecule has 0 aliphatic rings. The average molecular weight is 364 g/mol. The van der Waals surface area contributed by atoms with Gasteiger partial charge in [-0.15, -0.1) is 10.2 Å². The van der Waals surface area contributed by atoms with Crippen molar-refractivity contribution in [2.75, 3.05) is 0 Å². The largest absolute Gasteiger partial charge is 0.417 e. The van der Waals surface area contributed by atoms with Gasteiger partial charge in [0.15, 0.2) is 0 Å². The van der Waals surface area contributed by atoms with Crippen LogP contribution in [0.3, 0.4) is 0 Å². The molecule has 0 aliphatic carbocycles. The molecular weight excluding hydrogens is 355 g/mol. The molecule has 2 aromatic carbocycles. The van der Waals surface area contributed by atoms with E-state index in [1.54, 1.807) is 0 Å². The molecule has 0 aliphatic heterocycles. The van der Waals surface area contributed by atoms with Crippen molar-refractivity contribution in [2.24, 2.45) is 0 Å². The number of para-hydroxylation sites is 1. The Morgan fingerprint density at radius 2 is 1.72 bits per heavy atom. The third-order valence-corrected chi connectivity index (χ3v) is 4.03. The quantitative estimate of drug-likeness (QED) is 0.507. The topological polar surface area (TPSA) is 54.7 Å². The van der Waals surface area contributed by atoms with Crippen LogP contribution in [-0.2, 0) is 6.18 Å². The molecule has 25 heavy (non-hydrogen) atoms. The highest BCUT2D eigenvalue weighted by Gasteiger charge is 2.33. The van der Waals surface area contributed by atoms with Gasteiger partial charge in [-0.05, 0) is 30.3 Å². The molecule has 2 heterocycles. The monoisotopic (exact) mass is 363 g/mol. The molecule has 0 atom stereocenters. The number of aromatic nitrogens is 3. The summed E-state index contributed by atoms with van der Waals surface area (Å²) >= 11 is 5.62. The Labute approximate surface area is 144 Å². The van der Waals surface area contributed by atoms with Crippen molar-refractivity contribution in [3.05, 3.63) is 59.1 Å². The van der Waals surface area contributed by atoms with Crippen LogP contribution in [0, 0.1) is 0 Å². The van der Waals surface area contributed by atoms with Crippen LogP contribution in [0.5, 0.6) is 0 Å². The van der Waals surface area contributed by atoms with E-state index in [9.17, 15) is 13.2 Å². The number of halogens is 4. The fraction of sp³-hybridized carbons (Fsp3) is 0.0588. The lowest BCUT2D eigenvalue weighted by Crippen LogP contribution is -2.05. The predicted molar refractivity (Wildman–Crippen MR) is 87.0 cm³/mol. The van der Waals surface area contributed by atoms with Crippen LogP contribution in [0.4, 0.5) is 13.2 Å². The minimum atomic E-state index is -4.56. The van der Waals surface area contributed by atoms with Gasteiger partial charge in [0.25, 0.3) is 5.89 Å². The third kappa shape index (κ3) is 2.87. The van der Waals surface area contributed by atoms with Crippen LogP contribution in [-0.4, -0.2) is 15.2 Å². The Morgan fingerprint density at radius 3 is 2.48 bits per heavy atom. The van der Waals surface area contributed by atoms with Gasteiger partial charge >= 0.3 is 6.18 Å². The van der Waals surface area contributed by atoms with E-state index in [2.05, 4.69) is 15.2 Å². The minimum absolute atomic E-state index is 0.0178. The fourth-order valence-corrected chi connectivity index (χ4v) is 2.74. The Morgan fingerprint density at radius 1 is 0.960 bits per heavy atom. The number of hydrogen-bond donors (Lipinski definition) is 1. The van der Waals surface area contributed by atoms with Gasteiger partial charge in [0, 0.05) is 16.5 Å². The van der Waals surface area contributed by atoms with E-state index in [0.717, 1.165) is 23.0 Å². The molecule has 4 aromatic rings. The first-order valence-electron chi connectivity index (χ1n) is 7.20. The lowest BCUT2D eigenvalue weighted by Gasteiger charge is -2.09. The molecule has 0 fully saturated rings. The predicted octanol–water partition coefficient (Wildman–Crippen LogP) is 5.56. The summed E-state index contributed by atoms with van der Waals surface area (Å²) in [5.41, 5.74) is 0.677. The second kappa shape index (κ2) is 5.63. The van der Waals surface area contributed by atoms with Crippen molar-refractivity contribution in [2.45, 2.75) is 6.18 Å². The second-order valence-electron chi connectivity index (χ2n) is 5.38. The SMILES string of the molecule is FC(F)(F)c1cc(-c2nnc(-c3cc4ccccc4[nH]3)o2)ccc1Cl. The van der Waals surface area contributed by atoms with Crippen LogP contribution in [0.15, 0.2) is 52.9 Å². The fourth-order valence-electron chi connectivity index (χ4n) is 2.51. The zero-order chi connectivity index (χ0) is 17.6. The molecule has 126 valence electrons. The van der Waals surface area contributed by atoms with E-state index < -0.39 is 11.7 Å². The van der Waals surface area contributed by atoms with Crippen molar-refractivity contribution in [1.29, 1.82) is 0 Å². The molecule has 4 rings (SSSR count). The molecule has 8 heteroatoms. The maximum Gasteiger partial charge on any atom is 0.417 e. The van der Waals surface area contributed by atoms with E-state index in [4.69, 9.17) is 16.0 Å². The Bertz CT molecular complexity index is 1040. The zero-order valence-corrected chi connectivity index (χ0v) is 13.2. The number of fused-ring (bicyclic) bond motifs is 1. The van der Waals surface area contributed by atoms with Gasteiger partial charge in [-0.25, -0.2) is 0 Å². The standard InChI is InChI=1S/C17H9ClF3N3O/c18-12-6-5-10(7-11(12)17(19,20)21)15-23-24-16(25-15)14-8-9-3-1-2-4-13(9)22-14/h1-8,22H. The van der Waals surface area contributed by atoms with E-state index in [1.165, 1.54) is 6.07 Å². The Kier molecular flexibility index (Phi) is 3.54. The van der Waals surface area contributed by atoms with Gasteiger partial charge < -0.3 is 9.40 Å². The number of hydrogen-bond acceptors (Lipinski definition) is 3. The Hall–Kier alpha value is -2.80. The van der Waals surface area contributed by atoms with Crippen LogP contribution >= 0.6 is 11.6 Å². The summed E-state index contributed by atoms with van der Waals surface area (Å²) < 4.78 is 44.5. The maximum atomic E-state index is 13.0. The highest BCUT2D eigenvalue weighted by atomic mass is 35.5. The maximum absolute atomic E-state index is 13.0. The van der Waals surface area contributed by atoms with Crippen LogP contribution in [0.2, 0.25) is 5.02 Å². The first-order valence-corrected chi connectivity index (χ1v) is 7.58. The summed E-state index contributed by atoms with van der Waals surface area (Å²) in [6, 6.07) is 12.9. The summed E-state index contributed by atoms with van der Waals surface area (Å²) in [6.45, 7) is 0. The Balaban J connectivity index is 1.74. The summed E-state index contributed by atoms with van der Waals surface area (Å²) in [5.74, 6) is 0.172. The lowest BCUT2D eigenvalue weighted by atomic mass is 10.1. The normalized spacial score (nSPS) is 12.0. The summed E-state index contributed by atoms with van der Waals surface area (Å²) in [4.78, 5) is 3.12. The van der Waals surface area contributed by atoms with Gasteiger partial charge in [-0.1, -0.05) is 29.8 Å². The van der Waals surface area contributed by atoms with Gasteiger partial charge in [-0.2, -0.15) is 13.2 Å². The molecule has 0 unspecified atom stereocenters. The van der Waals surface area contributed by atoms with Crippen molar-refractivity contribution in [3.8, 4) is 23.0 Å². The zero-order valence-electron chi connectivity index (χ0n) is 12.4. The molecule has 4 nitrogen and oxygen atoms in total. The minimum Gasteiger partial charge on any atom is -0.415 e.